The third-order valence-corrected chi connectivity index (χ3v) is 6.56. The SMILES string of the molecule is CCn1c(SCC(=O)Nc2cc(Cl)cc(Cl)c2)nc2sc(C)c(C)c2c1=O. The molecule has 0 radical (unpaired) electrons. The van der Waals surface area contributed by atoms with Gasteiger partial charge in [0.25, 0.3) is 5.56 Å². The summed E-state index contributed by atoms with van der Waals surface area (Å²) in [5.41, 5.74) is 1.44. The van der Waals surface area contributed by atoms with E-state index in [1.165, 1.54) is 23.1 Å². The predicted octanol–water partition coefficient (Wildman–Crippen LogP) is 5.13. The number of hydrogen-bond donors (Lipinski definition) is 1. The molecule has 0 aliphatic heterocycles. The van der Waals surface area contributed by atoms with E-state index in [-0.39, 0.29) is 17.2 Å². The number of carbonyl (C=O) groups excluding carboxylic acids is 1. The summed E-state index contributed by atoms with van der Waals surface area (Å²) in [5, 5.41) is 4.85. The van der Waals surface area contributed by atoms with Crippen LogP contribution in [0.25, 0.3) is 10.2 Å². The lowest BCUT2D eigenvalue weighted by atomic mass is 10.2. The minimum atomic E-state index is -0.228. The number of carbonyl (C=O) groups is 1. The fourth-order valence-corrected chi connectivity index (χ4v) is 5.11. The molecule has 9 heteroatoms. The Balaban J connectivity index is 1.82. The van der Waals surface area contributed by atoms with Crippen molar-refractivity contribution in [3.8, 4) is 0 Å². The Morgan fingerprint density at radius 1 is 1.26 bits per heavy atom. The summed E-state index contributed by atoms with van der Waals surface area (Å²) in [6, 6.07) is 4.84. The summed E-state index contributed by atoms with van der Waals surface area (Å²) in [5.74, 6) is -0.111. The number of nitrogens with one attached hydrogen (secondary N) is 1. The lowest BCUT2D eigenvalue weighted by Gasteiger charge is -2.10. The van der Waals surface area contributed by atoms with Gasteiger partial charge in [0.2, 0.25) is 5.91 Å². The Hall–Kier alpha value is -1.54. The highest BCUT2D eigenvalue weighted by Crippen LogP contribution is 2.28. The Kier molecular flexibility index (Phi) is 6.15. The number of hydrogen-bond acceptors (Lipinski definition) is 5. The fourth-order valence-electron chi connectivity index (χ4n) is 2.65. The summed E-state index contributed by atoms with van der Waals surface area (Å²) in [4.78, 5) is 31.5. The van der Waals surface area contributed by atoms with Crippen molar-refractivity contribution in [3.05, 3.63) is 49.0 Å². The monoisotopic (exact) mass is 441 g/mol. The van der Waals surface area contributed by atoms with Gasteiger partial charge in [-0.25, -0.2) is 4.98 Å². The third kappa shape index (κ3) is 4.32. The van der Waals surface area contributed by atoms with Crippen LogP contribution in [-0.4, -0.2) is 21.2 Å². The molecule has 2 aromatic heterocycles. The summed E-state index contributed by atoms with van der Waals surface area (Å²) in [7, 11) is 0. The zero-order valence-corrected chi connectivity index (χ0v) is 18.1. The number of nitrogens with zero attached hydrogens (tertiary/aromatic N) is 2. The molecule has 0 aliphatic rings. The highest BCUT2D eigenvalue weighted by molar-refractivity contribution is 7.99. The maximum Gasteiger partial charge on any atom is 0.263 e. The molecule has 5 nitrogen and oxygen atoms in total. The number of amides is 1. The summed E-state index contributed by atoms with van der Waals surface area (Å²) >= 11 is 14.6. The first-order valence-corrected chi connectivity index (χ1v) is 10.7. The van der Waals surface area contributed by atoms with Crippen LogP contribution < -0.4 is 10.9 Å². The van der Waals surface area contributed by atoms with Gasteiger partial charge in [-0.2, -0.15) is 0 Å². The van der Waals surface area contributed by atoms with Crippen LogP contribution in [0.5, 0.6) is 0 Å². The van der Waals surface area contributed by atoms with Crippen molar-refractivity contribution in [2.75, 3.05) is 11.1 Å². The van der Waals surface area contributed by atoms with Crippen LogP contribution in [0, 0.1) is 13.8 Å². The molecule has 0 saturated heterocycles. The van der Waals surface area contributed by atoms with Gasteiger partial charge in [-0.15, -0.1) is 11.3 Å². The average molecular weight is 442 g/mol. The van der Waals surface area contributed by atoms with Crippen molar-refractivity contribution in [2.45, 2.75) is 32.5 Å². The van der Waals surface area contributed by atoms with Crippen LogP contribution in [0.3, 0.4) is 0 Å². The number of benzene rings is 1. The quantitative estimate of drug-likeness (QED) is 0.440. The van der Waals surface area contributed by atoms with Gasteiger partial charge in [-0.3, -0.25) is 14.2 Å². The Morgan fingerprint density at radius 2 is 1.93 bits per heavy atom. The minimum Gasteiger partial charge on any atom is -0.325 e. The second-order valence-electron chi connectivity index (χ2n) is 5.90. The van der Waals surface area contributed by atoms with Gasteiger partial charge >= 0.3 is 0 Å². The van der Waals surface area contributed by atoms with Crippen LogP contribution >= 0.6 is 46.3 Å². The smallest absolute Gasteiger partial charge is 0.263 e. The maximum atomic E-state index is 12.8. The molecule has 142 valence electrons. The van der Waals surface area contributed by atoms with Gasteiger partial charge < -0.3 is 5.32 Å². The molecule has 0 spiro atoms. The maximum absolute atomic E-state index is 12.8. The van der Waals surface area contributed by atoms with E-state index >= 15 is 0 Å². The molecule has 0 aliphatic carbocycles. The van der Waals surface area contributed by atoms with Crippen LogP contribution in [0.1, 0.15) is 17.4 Å². The van der Waals surface area contributed by atoms with Crippen molar-refractivity contribution in [1.29, 1.82) is 0 Å². The molecule has 3 aromatic rings. The van der Waals surface area contributed by atoms with Gasteiger partial charge in [-0.1, -0.05) is 35.0 Å². The van der Waals surface area contributed by atoms with E-state index in [9.17, 15) is 9.59 Å². The normalized spacial score (nSPS) is 11.1. The second kappa shape index (κ2) is 8.22. The van der Waals surface area contributed by atoms with Gasteiger partial charge in [0.05, 0.1) is 11.1 Å². The summed E-state index contributed by atoms with van der Waals surface area (Å²) in [6.07, 6.45) is 0. The molecular formula is C18H17Cl2N3O2S2. The van der Waals surface area contributed by atoms with Gasteiger partial charge in [0.15, 0.2) is 5.16 Å². The van der Waals surface area contributed by atoms with E-state index in [2.05, 4.69) is 10.3 Å². The number of aromatic nitrogens is 2. The number of thiophene rings is 1. The first kappa shape index (κ1) is 20.2. The molecule has 0 fully saturated rings. The first-order chi connectivity index (χ1) is 12.8. The standard InChI is InChI=1S/C18H17Cl2N3O2S2/c1-4-23-17(25)15-9(2)10(3)27-16(15)22-18(23)26-8-14(24)21-13-6-11(19)5-12(20)7-13/h5-7H,4,8H2,1-3H3,(H,21,24). The van der Waals surface area contributed by atoms with E-state index in [1.807, 2.05) is 20.8 Å². The Labute approximate surface area is 174 Å². The van der Waals surface area contributed by atoms with Gasteiger partial charge in [0.1, 0.15) is 4.83 Å². The van der Waals surface area contributed by atoms with Crippen molar-refractivity contribution in [2.24, 2.45) is 0 Å². The second-order valence-corrected chi connectivity index (χ2v) is 8.92. The molecule has 27 heavy (non-hydrogen) atoms. The number of rotatable bonds is 5. The van der Waals surface area contributed by atoms with E-state index < -0.39 is 0 Å². The predicted molar refractivity (Wildman–Crippen MR) is 115 cm³/mol. The highest BCUT2D eigenvalue weighted by atomic mass is 35.5. The zero-order chi connectivity index (χ0) is 19.7. The minimum absolute atomic E-state index is 0.0612. The molecule has 1 amide bonds. The summed E-state index contributed by atoms with van der Waals surface area (Å²) < 4.78 is 1.61. The molecule has 1 aromatic carbocycles. The number of halogens is 2. The Bertz CT molecular complexity index is 1070. The van der Waals surface area contributed by atoms with Gasteiger partial charge in [-0.05, 0) is 44.5 Å². The third-order valence-electron chi connectivity index (χ3n) is 4.05. The molecular weight excluding hydrogens is 425 g/mol. The van der Waals surface area contributed by atoms with E-state index in [0.29, 0.717) is 37.7 Å². The zero-order valence-electron chi connectivity index (χ0n) is 14.9. The van der Waals surface area contributed by atoms with E-state index in [1.54, 1.807) is 22.8 Å². The molecule has 0 bridgehead atoms. The van der Waals surface area contributed by atoms with E-state index in [4.69, 9.17) is 23.2 Å². The molecule has 3 rings (SSSR count). The molecule has 0 unspecified atom stereocenters. The number of aryl methyl sites for hydroxylation is 2. The van der Waals surface area contributed by atoms with Crippen LogP contribution in [0.2, 0.25) is 10.0 Å². The van der Waals surface area contributed by atoms with Crippen molar-refractivity contribution in [1.82, 2.24) is 9.55 Å². The fraction of sp³-hybridized carbons (Fsp3) is 0.278. The van der Waals surface area contributed by atoms with Crippen LogP contribution in [0.15, 0.2) is 28.2 Å². The molecule has 0 atom stereocenters. The number of thioether (sulfide) groups is 1. The number of fused-ring (bicyclic) bond motifs is 1. The topological polar surface area (TPSA) is 64.0 Å². The molecule has 2 heterocycles. The molecule has 0 saturated carbocycles. The van der Waals surface area contributed by atoms with Gasteiger partial charge in [0, 0.05) is 27.2 Å². The van der Waals surface area contributed by atoms with Crippen LogP contribution in [0.4, 0.5) is 5.69 Å². The average Bonchev–Trinajstić information content (AvgIpc) is 2.86. The first-order valence-electron chi connectivity index (χ1n) is 8.19. The number of anilines is 1. The largest absolute Gasteiger partial charge is 0.325 e. The molecule has 1 N–H and O–H groups in total. The lowest BCUT2D eigenvalue weighted by Crippen LogP contribution is -2.23. The Morgan fingerprint density at radius 3 is 2.56 bits per heavy atom. The highest BCUT2D eigenvalue weighted by Gasteiger charge is 2.17. The summed E-state index contributed by atoms with van der Waals surface area (Å²) in [6.45, 7) is 6.30. The van der Waals surface area contributed by atoms with Crippen molar-refractivity contribution in [3.63, 3.8) is 0 Å². The van der Waals surface area contributed by atoms with Crippen LogP contribution in [-0.2, 0) is 11.3 Å². The lowest BCUT2D eigenvalue weighted by molar-refractivity contribution is -0.113. The van der Waals surface area contributed by atoms with E-state index in [0.717, 1.165) is 10.4 Å². The van der Waals surface area contributed by atoms with Crippen molar-refractivity contribution >= 4 is 68.1 Å². The van der Waals surface area contributed by atoms with Crippen molar-refractivity contribution < 1.29 is 4.79 Å².